The summed E-state index contributed by atoms with van der Waals surface area (Å²) < 4.78 is 17.7. The minimum atomic E-state index is -4.64. The molecule has 0 heterocycles. The lowest BCUT2D eigenvalue weighted by atomic mass is 10.4. The van der Waals surface area contributed by atoms with Gasteiger partial charge in [-0.3, -0.25) is 19.2 Å². The second kappa shape index (κ2) is 56.6. The van der Waals surface area contributed by atoms with Gasteiger partial charge < -0.3 is 34.4 Å². The van der Waals surface area contributed by atoms with Gasteiger partial charge in [-0.1, -0.05) is 126 Å². The first-order chi connectivity index (χ1) is 19.6. The lowest BCUT2D eigenvalue weighted by molar-refractivity contribution is -0.129. The number of benzene rings is 2. The van der Waals surface area contributed by atoms with E-state index < -0.39 is 7.82 Å². The Morgan fingerprint density at radius 2 is 0.683 bits per heavy atom. The molecule has 0 unspecified atom stereocenters. The number of unbranched alkanes of at least 4 members (excludes halogenated alkanes) is 3. The van der Waals surface area contributed by atoms with Crippen LogP contribution in [-0.2, 0) is 33.2 Å². The van der Waals surface area contributed by atoms with Crippen molar-refractivity contribution in [1.29, 1.82) is 0 Å². The fraction of sp³-hybridized carbons (Fsp3) is 0.429. The van der Waals surface area contributed by atoms with E-state index in [-0.39, 0.29) is 12.9 Å². The van der Waals surface area contributed by atoms with Crippen LogP contribution in [0.15, 0.2) is 72.8 Å². The van der Waals surface area contributed by atoms with E-state index in [4.69, 9.17) is 39.0 Å². The molecule has 0 radical (unpaired) electrons. The lowest BCUT2D eigenvalue weighted by Gasteiger charge is -1.90. The normalized spacial score (nSPS) is 7.88. The third-order valence-electron chi connectivity index (χ3n) is 3.20. The third-order valence-corrected chi connectivity index (χ3v) is 3.20. The highest BCUT2D eigenvalue weighted by atomic mass is 31.2. The molecule has 0 saturated carbocycles. The zero-order chi connectivity index (χ0) is 32.9. The van der Waals surface area contributed by atoms with Crippen LogP contribution in [-0.4, -0.2) is 64.0 Å². The molecular weight excluding hydrogens is 559 g/mol. The minimum Gasteiger partial charge on any atom is -0.483 e. The van der Waals surface area contributed by atoms with Crippen molar-refractivity contribution in [2.75, 3.05) is 13.2 Å². The van der Waals surface area contributed by atoms with E-state index in [1.165, 1.54) is 12.8 Å². The van der Waals surface area contributed by atoms with E-state index in [0.717, 1.165) is 25.7 Å². The summed E-state index contributed by atoms with van der Waals surface area (Å²) in [6, 6.07) is 24.0. The SMILES string of the molecule is CCCC.CCCCOC=O.CCCCOC=O.O=CO.O=CO.O=P(O)(O)O.c1ccccc1.c1ccccc1. The molecule has 2 aromatic carbocycles. The Hall–Kier alpha value is -3.57. The zero-order valence-corrected chi connectivity index (χ0v) is 25.3. The van der Waals surface area contributed by atoms with Crippen molar-refractivity contribution in [1.82, 2.24) is 0 Å². The van der Waals surface area contributed by atoms with Gasteiger partial charge in [0, 0.05) is 0 Å². The Morgan fingerprint density at radius 1 is 0.512 bits per heavy atom. The smallest absolute Gasteiger partial charge is 0.466 e. The first-order valence-electron chi connectivity index (χ1n) is 12.6. The maximum Gasteiger partial charge on any atom is 0.466 e. The van der Waals surface area contributed by atoms with Gasteiger partial charge in [-0.2, -0.15) is 0 Å². The molecule has 0 saturated heterocycles. The van der Waals surface area contributed by atoms with Crippen molar-refractivity contribution < 1.29 is 58.1 Å². The minimum absolute atomic E-state index is 0.250. The number of ether oxygens (including phenoxy) is 2. The number of phosphoric acid groups is 1. The summed E-state index contributed by atoms with van der Waals surface area (Å²) in [7, 11) is -4.64. The van der Waals surface area contributed by atoms with Crippen molar-refractivity contribution in [3.05, 3.63) is 72.8 Å². The van der Waals surface area contributed by atoms with Crippen molar-refractivity contribution in [3.63, 3.8) is 0 Å². The maximum absolute atomic E-state index is 9.46. The number of rotatable bonds is 9. The monoisotopic (exact) mass is 608 g/mol. The first-order valence-corrected chi connectivity index (χ1v) is 14.2. The Balaban J connectivity index is -0.0000000869. The molecule has 2 rings (SSSR count). The van der Waals surface area contributed by atoms with Crippen LogP contribution in [0.2, 0.25) is 0 Å². The Bertz CT molecular complexity index is 614. The van der Waals surface area contributed by atoms with Gasteiger partial charge >= 0.3 is 7.82 Å². The second-order valence-corrected chi connectivity index (χ2v) is 7.70. The summed E-state index contributed by atoms with van der Waals surface area (Å²) >= 11 is 0. The number of carbonyl (C=O) groups excluding carboxylic acids is 2. The van der Waals surface area contributed by atoms with Crippen LogP contribution in [0.3, 0.4) is 0 Å². The highest BCUT2D eigenvalue weighted by Gasteiger charge is 2.00. The highest BCUT2D eigenvalue weighted by Crippen LogP contribution is 2.25. The summed E-state index contributed by atoms with van der Waals surface area (Å²) in [6.07, 6.45) is 6.74. The van der Waals surface area contributed by atoms with Gasteiger partial charge in [0.2, 0.25) is 0 Å². The van der Waals surface area contributed by atoms with E-state index >= 15 is 0 Å². The molecule has 0 aromatic heterocycles. The number of hydrogen-bond donors (Lipinski definition) is 5. The summed E-state index contributed by atoms with van der Waals surface area (Å²) in [5.74, 6) is 0. The van der Waals surface area contributed by atoms with E-state index in [0.29, 0.717) is 26.2 Å². The lowest BCUT2D eigenvalue weighted by Crippen LogP contribution is -1.88. The molecule has 13 heteroatoms. The van der Waals surface area contributed by atoms with E-state index in [9.17, 15) is 9.59 Å². The Kier molecular flexibility index (Phi) is 69.4. The van der Waals surface area contributed by atoms with E-state index in [1.54, 1.807) is 0 Å². The van der Waals surface area contributed by atoms with Crippen molar-refractivity contribution in [2.45, 2.75) is 66.2 Å². The van der Waals surface area contributed by atoms with Crippen molar-refractivity contribution >= 4 is 33.7 Å². The average molecular weight is 609 g/mol. The molecule has 0 amide bonds. The molecule has 41 heavy (non-hydrogen) atoms. The molecule has 12 nitrogen and oxygen atoms in total. The van der Waals surface area contributed by atoms with Crippen LogP contribution in [0.5, 0.6) is 0 Å². The Morgan fingerprint density at radius 3 is 0.780 bits per heavy atom. The number of carbonyl (C=O) groups is 4. The number of carboxylic acid groups (broad SMARTS) is 2. The molecule has 0 aliphatic rings. The molecule has 0 atom stereocenters. The topological polar surface area (TPSA) is 205 Å². The second-order valence-electron chi connectivity index (χ2n) is 6.67. The number of hydrogen-bond acceptors (Lipinski definition) is 7. The summed E-state index contributed by atoms with van der Waals surface area (Å²) in [5, 5.41) is 13.8. The van der Waals surface area contributed by atoms with Crippen molar-refractivity contribution in [3.8, 4) is 0 Å². The van der Waals surface area contributed by atoms with Gasteiger partial charge in [-0.25, -0.2) is 4.57 Å². The summed E-state index contributed by atoms with van der Waals surface area (Å²) in [5.41, 5.74) is 0. The van der Waals surface area contributed by atoms with Gasteiger partial charge in [0.25, 0.3) is 25.9 Å². The standard InChI is InChI=1S/2C6H6.2C5H10O2.C4H10.2CH2O2.H3O4P/c2*1-2-4-6-5-3-1;2*1-2-3-4-7-5-6;1-3-4-2;2*2-1-3;1-5(2,3)4/h2*1-6H;2*5H,2-4H2,1H3;3-4H2,1-2H3;2*1H,(H,2,3);(H3,1,2,3,4). The maximum atomic E-state index is 9.46. The molecule has 0 aliphatic heterocycles. The van der Waals surface area contributed by atoms with Crippen LogP contribution >= 0.6 is 7.82 Å². The van der Waals surface area contributed by atoms with Crippen LogP contribution in [0.25, 0.3) is 0 Å². The van der Waals surface area contributed by atoms with Crippen LogP contribution in [0.1, 0.15) is 66.2 Å². The first kappa shape index (κ1) is 50.3. The molecule has 2 aromatic rings. The molecular formula is C28H49O12P. The van der Waals surface area contributed by atoms with E-state index in [1.807, 2.05) is 86.6 Å². The van der Waals surface area contributed by atoms with Gasteiger partial charge in [-0.15, -0.1) is 0 Å². The fourth-order valence-corrected chi connectivity index (χ4v) is 1.32. The summed E-state index contributed by atoms with van der Waals surface area (Å²) in [4.78, 5) is 57.2. The molecule has 0 fully saturated rings. The van der Waals surface area contributed by atoms with Gasteiger partial charge in [0.1, 0.15) is 0 Å². The van der Waals surface area contributed by atoms with Crippen molar-refractivity contribution in [2.24, 2.45) is 0 Å². The third kappa shape index (κ3) is 142. The predicted octanol–water partition coefficient (Wildman–Crippen LogP) is 5.57. The van der Waals surface area contributed by atoms with E-state index in [2.05, 4.69) is 23.3 Å². The van der Waals surface area contributed by atoms with Gasteiger partial charge in [0.15, 0.2) is 0 Å². The van der Waals surface area contributed by atoms with Gasteiger partial charge in [0.05, 0.1) is 13.2 Å². The molecule has 0 bridgehead atoms. The zero-order valence-electron chi connectivity index (χ0n) is 24.4. The fourth-order valence-electron chi connectivity index (χ4n) is 1.32. The van der Waals surface area contributed by atoms with Crippen LogP contribution in [0.4, 0.5) is 0 Å². The van der Waals surface area contributed by atoms with Crippen LogP contribution in [0, 0.1) is 0 Å². The molecule has 238 valence electrons. The summed E-state index contributed by atoms with van der Waals surface area (Å²) in [6.45, 7) is 10.1. The van der Waals surface area contributed by atoms with Gasteiger partial charge in [-0.05, 0) is 12.8 Å². The molecule has 0 spiro atoms. The van der Waals surface area contributed by atoms with Crippen LogP contribution < -0.4 is 0 Å². The average Bonchev–Trinajstić information content (AvgIpc) is 2.97. The predicted molar refractivity (Wildman–Crippen MR) is 159 cm³/mol. The molecule has 5 N–H and O–H groups in total. The Labute approximate surface area is 244 Å². The largest absolute Gasteiger partial charge is 0.483 e. The highest BCUT2D eigenvalue weighted by molar-refractivity contribution is 7.45. The quantitative estimate of drug-likeness (QED) is 0.135. The molecule has 0 aliphatic carbocycles.